The van der Waals surface area contributed by atoms with Crippen LogP contribution in [-0.2, 0) is 4.74 Å². The monoisotopic (exact) mass is 548 g/mol. The van der Waals surface area contributed by atoms with Gasteiger partial charge < -0.3 is 9.75 Å². The summed E-state index contributed by atoms with van der Waals surface area (Å²) in [4.78, 5) is 29.5. The zero-order chi connectivity index (χ0) is 28.1. The number of nitrogens with zero attached hydrogens (tertiary/aromatic N) is 6. The molecule has 8 nitrogen and oxygen atoms in total. The Kier molecular flexibility index (Phi) is 6.98. The van der Waals surface area contributed by atoms with E-state index in [1.54, 1.807) is 31.4 Å². The second kappa shape index (κ2) is 10.1. The van der Waals surface area contributed by atoms with E-state index in [0.717, 1.165) is 11.6 Å². The molecule has 13 heteroatoms. The summed E-state index contributed by atoms with van der Waals surface area (Å²) in [5.74, 6) is -1.71. The number of hydrogen-bond donors (Lipinski definition) is 0. The second-order valence-electron chi connectivity index (χ2n) is 9.81. The zero-order valence-corrected chi connectivity index (χ0v) is 21.3. The van der Waals surface area contributed by atoms with E-state index in [1.165, 1.54) is 17.7 Å². The number of hydrogen-bond acceptors (Lipinski definition) is 7. The molecule has 206 valence electrons. The van der Waals surface area contributed by atoms with Gasteiger partial charge in [-0.3, -0.25) is 4.79 Å². The summed E-state index contributed by atoms with van der Waals surface area (Å²) in [6.07, 6.45) is -4.67. The third-order valence-electron chi connectivity index (χ3n) is 6.92. The van der Waals surface area contributed by atoms with E-state index in [2.05, 4.69) is 25.7 Å². The van der Waals surface area contributed by atoms with Crippen molar-refractivity contribution in [2.45, 2.75) is 50.8 Å². The van der Waals surface area contributed by atoms with Crippen LogP contribution in [0.25, 0.3) is 16.7 Å². The molecule has 3 aromatic rings. The lowest BCUT2D eigenvalue weighted by Crippen LogP contribution is -2.35. The second-order valence-corrected chi connectivity index (χ2v) is 9.81. The van der Waals surface area contributed by atoms with E-state index in [4.69, 9.17) is 4.74 Å². The first-order valence-electron chi connectivity index (χ1n) is 12.3. The van der Waals surface area contributed by atoms with Crippen LogP contribution in [0.5, 0.6) is 0 Å². The Morgan fingerprint density at radius 1 is 1.15 bits per heavy atom. The van der Waals surface area contributed by atoms with E-state index in [0.29, 0.717) is 25.3 Å². The van der Waals surface area contributed by atoms with Gasteiger partial charge in [0.1, 0.15) is 22.7 Å². The Hall–Kier alpha value is -3.70. The maximum Gasteiger partial charge on any atom is 0.396 e. The Balaban J connectivity index is 1.56. The SMILES string of the molecule is Cc1nc2nc([C@H]3CCO[C@@H](c4ccc(=O)n(N(C)C)c4)C3)nc(C3=C=CC(C(F)(F)F)C3)c2nc1C(F)F. The molecule has 0 N–H and O–H groups in total. The van der Waals surface area contributed by atoms with Crippen LogP contribution in [0.2, 0.25) is 0 Å². The molecular weight excluding hydrogens is 523 g/mol. The van der Waals surface area contributed by atoms with Crippen molar-refractivity contribution in [1.29, 1.82) is 0 Å². The highest BCUT2D eigenvalue weighted by molar-refractivity contribution is 5.85. The van der Waals surface area contributed by atoms with Gasteiger partial charge in [0.2, 0.25) is 0 Å². The van der Waals surface area contributed by atoms with Gasteiger partial charge in [-0.15, -0.1) is 5.73 Å². The van der Waals surface area contributed by atoms with Crippen molar-refractivity contribution in [2.75, 3.05) is 25.7 Å². The van der Waals surface area contributed by atoms with Gasteiger partial charge in [-0.25, -0.2) is 33.4 Å². The summed E-state index contributed by atoms with van der Waals surface area (Å²) in [6.45, 7) is 1.73. The van der Waals surface area contributed by atoms with Gasteiger partial charge in [0, 0.05) is 44.5 Å². The molecule has 0 aromatic carbocycles. The molecule has 0 spiro atoms. The Labute approximate surface area is 219 Å². The van der Waals surface area contributed by atoms with Crippen LogP contribution >= 0.6 is 0 Å². The Morgan fingerprint density at radius 2 is 1.92 bits per heavy atom. The summed E-state index contributed by atoms with van der Waals surface area (Å²) in [5.41, 5.74) is 2.70. The lowest BCUT2D eigenvalue weighted by molar-refractivity contribution is -0.158. The van der Waals surface area contributed by atoms with Gasteiger partial charge >= 0.3 is 6.18 Å². The van der Waals surface area contributed by atoms with Crippen LogP contribution in [0.3, 0.4) is 0 Å². The minimum absolute atomic E-state index is 0.0204. The molecule has 1 aliphatic heterocycles. The molecule has 1 saturated heterocycles. The molecule has 0 amide bonds. The van der Waals surface area contributed by atoms with Crippen molar-refractivity contribution in [3.63, 3.8) is 0 Å². The van der Waals surface area contributed by atoms with Crippen molar-refractivity contribution in [3.05, 3.63) is 69.0 Å². The molecule has 39 heavy (non-hydrogen) atoms. The number of halogens is 5. The number of fused-ring (bicyclic) bond motifs is 1. The standard InChI is InChI=1S/C26H25F5N6O2/c1-13-20(23(27)28)33-22-21(14-4-6-17(10-14)26(29,30)31)34-24(35-25(22)32-13)15-8-9-39-18(11-15)16-5-7-19(38)37(12-16)36(2)3/h5-7,12,15,17-18,23H,8-11H2,1-3H3/t15-,17?,18+/m0/s1. The van der Waals surface area contributed by atoms with Gasteiger partial charge in [0.25, 0.3) is 12.0 Å². The van der Waals surface area contributed by atoms with Crippen molar-refractivity contribution in [1.82, 2.24) is 24.6 Å². The van der Waals surface area contributed by atoms with Crippen LogP contribution in [0.4, 0.5) is 22.0 Å². The number of pyridine rings is 1. The number of alkyl halides is 5. The van der Waals surface area contributed by atoms with Gasteiger partial charge in [0.05, 0.1) is 17.7 Å². The molecular formula is C26H25F5N6O2. The molecule has 3 aromatic heterocycles. The predicted molar refractivity (Wildman–Crippen MR) is 132 cm³/mol. The van der Waals surface area contributed by atoms with Crippen molar-refractivity contribution in [3.8, 4) is 0 Å². The van der Waals surface area contributed by atoms with Gasteiger partial charge in [-0.1, -0.05) is 0 Å². The van der Waals surface area contributed by atoms with Crippen LogP contribution in [0, 0.1) is 12.8 Å². The molecule has 4 heterocycles. The number of rotatable bonds is 5. The lowest BCUT2D eigenvalue weighted by atomic mass is 9.91. The Morgan fingerprint density at radius 3 is 2.59 bits per heavy atom. The fourth-order valence-corrected chi connectivity index (χ4v) is 4.83. The first kappa shape index (κ1) is 26.9. The average Bonchev–Trinajstić information content (AvgIpc) is 3.38. The summed E-state index contributed by atoms with van der Waals surface area (Å²) in [6, 6.07) is 3.13. The molecule has 1 unspecified atom stereocenters. The highest BCUT2D eigenvalue weighted by atomic mass is 19.4. The van der Waals surface area contributed by atoms with Gasteiger partial charge in [-0.05, 0) is 43.9 Å². The van der Waals surface area contributed by atoms with E-state index in [9.17, 15) is 26.7 Å². The van der Waals surface area contributed by atoms with E-state index in [-0.39, 0.29) is 39.6 Å². The number of ether oxygens (including phenoxy) is 1. The molecule has 1 aliphatic carbocycles. The quantitative estimate of drug-likeness (QED) is 0.335. The number of aromatic nitrogens is 5. The highest BCUT2D eigenvalue weighted by Crippen LogP contribution is 2.41. The molecule has 0 bridgehead atoms. The summed E-state index contributed by atoms with van der Waals surface area (Å²) in [5, 5.41) is 1.64. The molecule has 3 atom stereocenters. The zero-order valence-electron chi connectivity index (χ0n) is 21.3. The summed E-state index contributed by atoms with van der Waals surface area (Å²) < 4.78 is 74.8. The van der Waals surface area contributed by atoms with E-state index < -0.39 is 36.7 Å². The molecule has 2 aliphatic rings. The molecule has 0 saturated carbocycles. The minimum atomic E-state index is -4.48. The third kappa shape index (κ3) is 5.28. The maximum atomic E-state index is 13.6. The first-order chi connectivity index (χ1) is 18.4. The normalized spacial score (nSPS) is 21.6. The fraction of sp³-hybridized carbons (Fsp3) is 0.462. The van der Waals surface area contributed by atoms with Gasteiger partial charge in [0.15, 0.2) is 5.65 Å². The van der Waals surface area contributed by atoms with Crippen molar-refractivity contribution >= 4 is 16.7 Å². The molecule has 0 radical (unpaired) electrons. The average molecular weight is 549 g/mol. The summed E-state index contributed by atoms with van der Waals surface area (Å²) >= 11 is 0. The first-order valence-corrected chi connectivity index (χ1v) is 12.3. The van der Waals surface area contributed by atoms with Crippen molar-refractivity contribution in [2.24, 2.45) is 5.92 Å². The topological polar surface area (TPSA) is 86.0 Å². The van der Waals surface area contributed by atoms with Crippen LogP contribution in [-0.4, -0.2) is 51.5 Å². The largest absolute Gasteiger partial charge is 0.396 e. The maximum absolute atomic E-state index is 13.6. The number of allylic oxidation sites excluding steroid dienone is 1. The fourth-order valence-electron chi connectivity index (χ4n) is 4.83. The van der Waals surface area contributed by atoms with E-state index in [1.807, 2.05) is 0 Å². The smallest absolute Gasteiger partial charge is 0.373 e. The molecule has 1 fully saturated rings. The number of aryl methyl sites for hydroxylation is 1. The van der Waals surface area contributed by atoms with Crippen LogP contribution in [0.15, 0.2) is 34.9 Å². The minimum Gasteiger partial charge on any atom is -0.373 e. The van der Waals surface area contributed by atoms with Crippen molar-refractivity contribution < 1.29 is 26.7 Å². The molecule has 5 rings (SSSR count). The predicted octanol–water partition coefficient (Wildman–Crippen LogP) is 4.78. The lowest BCUT2D eigenvalue weighted by Gasteiger charge is -2.30. The van der Waals surface area contributed by atoms with Crippen LogP contribution in [0.1, 0.15) is 66.2 Å². The van der Waals surface area contributed by atoms with Crippen LogP contribution < -0.4 is 10.6 Å². The van der Waals surface area contributed by atoms with Gasteiger partial charge in [-0.2, -0.15) is 13.2 Å². The third-order valence-corrected chi connectivity index (χ3v) is 6.92. The summed E-state index contributed by atoms with van der Waals surface area (Å²) in [7, 11) is 3.47. The Bertz CT molecular complexity index is 1540. The highest BCUT2D eigenvalue weighted by Gasteiger charge is 2.41. The van der Waals surface area contributed by atoms with E-state index >= 15 is 0 Å².